The van der Waals surface area contributed by atoms with E-state index in [2.05, 4.69) is 4.90 Å². The Morgan fingerprint density at radius 3 is 3.00 bits per heavy atom. The van der Waals surface area contributed by atoms with Gasteiger partial charge in [0.05, 0.1) is 13.3 Å². The third-order valence-corrected chi connectivity index (χ3v) is 3.81. The second kappa shape index (κ2) is 5.67. The van der Waals surface area contributed by atoms with Crippen molar-refractivity contribution in [2.24, 2.45) is 0 Å². The number of carbonyl (C=O) groups excluding carboxylic acids is 2. The number of nitrogens with zero attached hydrogens (tertiary/aromatic N) is 3. The fourth-order valence-electron chi connectivity index (χ4n) is 2.71. The Morgan fingerprint density at radius 2 is 2.28 bits per heavy atom. The maximum atomic E-state index is 11.7. The normalized spacial score (nSPS) is 24.2. The third-order valence-electron chi connectivity index (χ3n) is 3.81. The van der Waals surface area contributed by atoms with E-state index in [1.165, 1.54) is 12.2 Å². The van der Waals surface area contributed by atoms with E-state index in [9.17, 15) is 9.59 Å². The van der Waals surface area contributed by atoms with E-state index in [4.69, 9.17) is 4.84 Å². The van der Waals surface area contributed by atoms with E-state index in [1.807, 2.05) is 4.90 Å². The Labute approximate surface area is 107 Å². The van der Waals surface area contributed by atoms with E-state index in [1.54, 1.807) is 7.05 Å². The standard InChI is InChI=1S/C12H21N3O3/c1-13(18-2)11(16)5-8-14-9-6-12(17)15-7-3-4-10(14)15/h10H,3-9H2,1-2H3. The molecule has 2 rings (SSSR count). The lowest BCUT2D eigenvalue weighted by Crippen LogP contribution is -2.53. The highest BCUT2D eigenvalue weighted by Crippen LogP contribution is 2.25. The molecule has 0 aromatic rings. The van der Waals surface area contributed by atoms with Gasteiger partial charge >= 0.3 is 0 Å². The van der Waals surface area contributed by atoms with Crippen molar-refractivity contribution in [1.82, 2.24) is 14.9 Å². The predicted octanol–water partition coefficient (Wildman–Crippen LogP) is 0.0505. The molecular weight excluding hydrogens is 234 g/mol. The zero-order valence-electron chi connectivity index (χ0n) is 11.1. The van der Waals surface area contributed by atoms with Gasteiger partial charge in [-0.25, -0.2) is 5.06 Å². The third kappa shape index (κ3) is 2.64. The number of hydrogen-bond acceptors (Lipinski definition) is 4. The molecule has 2 heterocycles. The first-order chi connectivity index (χ1) is 8.63. The summed E-state index contributed by atoms with van der Waals surface area (Å²) >= 11 is 0. The second-order valence-electron chi connectivity index (χ2n) is 4.82. The topological polar surface area (TPSA) is 53.1 Å². The number of rotatable bonds is 4. The van der Waals surface area contributed by atoms with E-state index in [-0.39, 0.29) is 18.0 Å². The maximum absolute atomic E-state index is 11.7. The van der Waals surface area contributed by atoms with Gasteiger partial charge in [0.25, 0.3) is 0 Å². The van der Waals surface area contributed by atoms with Crippen LogP contribution in [0, 0.1) is 0 Å². The summed E-state index contributed by atoms with van der Waals surface area (Å²) in [5, 5.41) is 1.25. The lowest BCUT2D eigenvalue weighted by molar-refractivity contribution is -0.169. The second-order valence-corrected chi connectivity index (χ2v) is 4.82. The molecule has 0 aromatic carbocycles. The Hall–Kier alpha value is -1.14. The average Bonchev–Trinajstić information content (AvgIpc) is 2.87. The van der Waals surface area contributed by atoms with Crippen LogP contribution in [0.2, 0.25) is 0 Å². The lowest BCUT2D eigenvalue weighted by Gasteiger charge is -2.39. The predicted molar refractivity (Wildman–Crippen MR) is 65.3 cm³/mol. The highest BCUT2D eigenvalue weighted by molar-refractivity contribution is 5.78. The fraction of sp³-hybridized carbons (Fsp3) is 0.833. The van der Waals surface area contributed by atoms with E-state index >= 15 is 0 Å². The summed E-state index contributed by atoms with van der Waals surface area (Å²) in [4.78, 5) is 32.4. The molecule has 0 aromatic heterocycles. The van der Waals surface area contributed by atoms with Crippen LogP contribution in [-0.2, 0) is 14.4 Å². The fourth-order valence-corrected chi connectivity index (χ4v) is 2.71. The number of fused-ring (bicyclic) bond motifs is 1. The molecule has 2 aliphatic heterocycles. The largest absolute Gasteiger partial charge is 0.327 e. The molecule has 0 bridgehead atoms. The van der Waals surface area contributed by atoms with Crippen LogP contribution in [0.1, 0.15) is 25.7 Å². The average molecular weight is 255 g/mol. The van der Waals surface area contributed by atoms with Crippen molar-refractivity contribution in [3.05, 3.63) is 0 Å². The van der Waals surface area contributed by atoms with Gasteiger partial charge in [-0.05, 0) is 12.8 Å². The number of amides is 2. The van der Waals surface area contributed by atoms with Crippen LogP contribution in [0.15, 0.2) is 0 Å². The molecular formula is C12H21N3O3. The van der Waals surface area contributed by atoms with Gasteiger partial charge in [-0.2, -0.15) is 0 Å². The van der Waals surface area contributed by atoms with Gasteiger partial charge in [-0.3, -0.25) is 19.3 Å². The van der Waals surface area contributed by atoms with Gasteiger partial charge in [-0.1, -0.05) is 0 Å². The number of hydroxylamine groups is 2. The molecule has 2 aliphatic rings. The Kier molecular flexibility index (Phi) is 4.19. The minimum Gasteiger partial charge on any atom is -0.327 e. The Morgan fingerprint density at radius 1 is 1.50 bits per heavy atom. The summed E-state index contributed by atoms with van der Waals surface area (Å²) in [6, 6.07) is 0. The molecule has 18 heavy (non-hydrogen) atoms. The van der Waals surface area contributed by atoms with Crippen LogP contribution in [0.3, 0.4) is 0 Å². The maximum Gasteiger partial charge on any atom is 0.247 e. The summed E-state index contributed by atoms with van der Waals surface area (Å²) in [7, 11) is 3.10. The molecule has 0 saturated carbocycles. The van der Waals surface area contributed by atoms with E-state index in [0.29, 0.717) is 19.4 Å². The highest BCUT2D eigenvalue weighted by Gasteiger charge is 2.36. The molecule has 1 atom stereocenters. The van der Waals surface area contributed by atoms with Crippen LogP contribution < -0.4 is 0 Å². The van der Waals surface area contributed by atoms with Crippen molar-refractivity contribution in [2.75, 3.05) is 33.8 Å². The van der Waals surface area contributed by atoms with Gasteiger partial charge in [0.15, 0.2) is 0 Å². The molecule has 6 nitrogen and oxygen atoms in total. The molecule has 0 aliphatic carbocycles. The molecule has 0 spiro atoms. The molecule has 102 valence electrons. The molecule has 6 heteroatoms. The van der Waals surface area contributed by atoms with Crippen molar-refractivity contribution in [1.29, 1.82) is 0 Å². The van der Waals surface area contributed by atoms with Crippen LogP contribution in [0.4, 0.5) is 0 Å². The number of hydrogen-bond donors (Lipinski definition) is 0. The molecule has 0 radical (unpaired) electrons. The summed E-state index contributed by atoms with van der Waals surface area (Å²) in [6.45, 7) is 2.33. The van der Waals surface area contributed by atoms with Gasteiger partial charge in [-0.15, -0.1) is 0 Å². The van der Waals surface area contributed by atoms with Gasteiger partial charge in [0, 0.05) is 39.5 Å². The van der Waals surface area contributed by atoms with Crippen LogP contribution in [0.25, 0.3) is 0 Å². The first-order valence-corrected chi connectivity index (χ1v) is 6.47. The van der Waals surface area contributed by atoms with Crippen molar-refractivity contribution in [2.45, 2.75) is 31.8 Å². The lowest BCUT2D eigenvalue weighted by atomic mass is 10.2. The smallest absolute Gasteiger partial charge is 0.247 e. The Bertz CT molecular complexity index is 335. The highest BCUT2D eigenvalue weighted by atomic mass is 16.7. The first-order valence-electron chi connectivity index (χ1n) is 6.47. The quantitative estimate of drug-likeness (QED) is 0.666. The Balaban J connectivity index is 1.86. The zero-order chi connectivity index (χ0) is 13.1. The van der Waals surface area contributed by atoms with E-state index < -0.39 is 0 Å². The van der Waals surface area contributed by atoms with Crippen molar-refractivity contribution in [3.8, 4) is 0 Å². The monoisotopic (exact) mass is 255 g/mol. The van der Waals surface area contributed by atoms with Gasteiger partial charge in [0.2, 0.25) is 11.8 Å². The number of carbonyl (C=O) groups is 2. The minimum absolute atomic E-state index is 0.0288. The van der Waals surface area contributed by atoms with Gasteiger partial charge < -0.3 is 4.90 Å². The molecule has 2 saturated heterocycles. The van der Waals surface area contributed by atoms with Gasteiger partial charge in [0.1, 0.15) is 0 Å². The first kappa shape index (κ1) is 13.3. The van der Waals surface area contributed by atoms with Crippen LogP contribution in [-0.4, -0.2) is 66.6 Å². The zero-order valence-corrected chi connectivity index (χ0v) is 11.1. The summed E-state index contributed by atoms with van der Waals surface area (Å²) in [5.41, 5.74) is 0. The summed E-state index contributed by atoms with van der Waals surface area (Å²) < 4.78 is 0. The van der Waals surface area contributed by atoms with Crippen LogP contribution in [0.5, 0.6) is 0 Å². The van der Waals surface area contributed by atoms with Crippen molar-refractivity contribution >= 4 is 11.8 Å². The molecule has 2 amide bonds. The van der Waals surface area contributed by atoms with Crippen LogP contribution >= 0.6 is 0 Å². The SMILES string of the molecule is CON(C)C(=O)CCN1CCC(=O)N2CCCC12. The van der Waals surface area contributed by atoms with Crippen molar-refractivity contribution in [3.63, 3.8) is 0 Å². The van der Waals surface area contributed by atoms with E-state index in [0.717, 1.165) is 25.9 Å². The summed E-state index contributed by atoms with van der Waals surface area (Å²) in [5.74, 6) is 0.230. The molecule has 2 fully saturated rings. The molecule has 1 unspecified atom stereocenters. The van der Waals surface area contributed by atoms with Crippen molar-refractivity contribution < 1.29 is 14.4 Å². The minimum atomic E-state index is -0.0288. The summed E-state index contributed by atoms with van der Waals surface area (Å²) in [6.07, 6.45) is 3.32. The molecule has 0 N–H and O–H groups in total.